The molecule has 3 fully saturated rings. The van der Waals surface area contributed by atoms with Gasteiger partial charge >= 0.3 is 5.97 Å². The zero-order valence-electron chi connectivity index (χ0n) is 16.4. The molecule has 4 nitrogen and oxygen atoms in total. The van der Waals surface area contributed by atoms with Crippen molar-refractivity contribution in [1.82, 2.24) is 0 Å². The smallest absolute Gasteiger partial charge is 0.331 e. The normalized spacial score (nSPS) is 48.9. The molecule has 4 aliphatic carbocycles. The number of esters is 1. The molecule has 0 saturated heterocycles. The fraction of sp³-hybridized carbons (Fsp3) is 0.783. The van der Waals surface area contributed by atoms with Gasteiger partial charge in [0.25, 0.3) is 0 Å². The fourth-order valence-electron chi connectivity index (χ4n) is 7.99. The topological polar surface area (TPSA) is 66.8 Å². The summed E-state index contributed by atoms with van der Waals surface area (Å²) in [5.41, 5.74) is 1.57. The van der Waals surface area contributed by atoms with E-state index >= 15 is 0 Å². The molecule has 0 aromatic heterocycles. The SMILES string of the molecule is C[C@]12CC[C@H]3[C@@H](CCC4=CCCC[C@@]43CO)[C@@]1(O)CC[C@@H]2C1=CC(=O)OC1. The van der Waals surface area contributed by atoms with Crippen LogP contribution in [0.25, 0.3) is 0 Å². The van der Waals surface area contributed by atoms with Crippen LogP contribution in [0, 0.1) is 28.6 Å². The molecule has 27 heavy (non-hydrogen) atoms. The summed E-state index contributed by atoms with van der Waals surface area (Å²) in [6, 6.07) is 0. The lowest BCUT2D eigenvalue weighted by Gasteiger charge is -2.62. The zero-order valence-corrected chi connectivity index (χ0v) is 16.4. The lowest BCUT2D eigenvalue weighted by atomic mass is 9.45. The number of ether oxygens (including phenoxy) is 1. The van der Waals surface area contributed by atoms with Gasteiger partial charge in [-0.15, -0.1) is 0 Å². The van der Waals surface area contributed by atoms with Crippen LogP contribution in [0.5, 0.6) is 0 Å². The molecule has 5 aliphatic rings. The van der Waals surface area contributed by atoms with Crippen LogP contribution in [0.2, 0.25) is 0 Å². The van der Waals surface area contributed by atoms with Crippen molar-refractivity contribution in [3.8, 4) is 0 Å². The molecule has 0 aromatic rings. The maximum atomic E-state index is 12.1. The molecule has 6 atom stereocenters. The number of rotatable bonds is 2. The second kappa shape index (κ2) is 5.93. The van der Waals surface area contributed by atoms with Gasteiger partial charge in [0.15, 0.2) is 0 Å². The summed E-state index contributed by atoms with van der Waals surface area (Å²) in [6.07, 6.45) is 13.3. The van der Waals surface area contributed by atoms with Crippen molar-refractivity contribution in [2.24, 2.45) is 28.6 Å². The minimum Gasteiger partial charge on any atom is -0.458 e. The molecule has 148 valence electrons. The summed E-state index contributed by atoms with van der Waals surface area (Å²) < 4.78 is 5.19. The van der Waals surface area contributed by atoms with E-state index in [-0.39, 0.29) is 35.2 Å². The number of carbonyl (C=O) groups excluding carboxylic acids is 1. The molecule has 5 rings (SSSR count). The first-order valence-electron chi connectivity index (χ1n) is 10.8. The van der Waals surface area contributed by atoms with Crippen molar-refractivity contribution in [2.75, 3.05) is 13.2 Å². The standard InChI is InChI=1S/C23H32O4/c1-21-10-7-18-19(6-5-16-4-2-3-9-22(16,18)14-24)23(21,26)11-8-17(21)15-12-20(25)27-13-15/h4,12,17-19,24,26H,2-3,5-11,13-14H2,1H3/t17-,18+,19-,21-,22-,23+/m1/s1. The zero-order chi connectivity index (χ0) is 18.9. The van der Waals surface area contributed by atoms with E-state index in [4.69, 9.17) is 4.74 Å². The highest BCUT2D eigenvalue weighted by Gasteiger charge is 2.67. The molecule has 1 aliphatic heterocycles. The minimum absolute atomic E-state index is 0.0952. The Morgan fingerprint density at radius 2 is 2.04 bits per heavy atom. The molecule has 4 heteroatoms. The van der Waals surface area contributed by atoms with E-state index in [0.717, 1.165) is 63.4 Å². The van der Waals surface area contributed by atoms with Gasteiger partial charge in [0.05, 0.1) is 12.2 Å². The Morgan fingerprint density at radius 1 is 1.19 bits per heavy atom. The van der Waals surface area contributed by atoms with E-state index in [1.165, 1.54) is 5.57 Å². The summed E-state index contributed by atoms with van der Waals surface area (Å²) >= 11 is 0. The first-order chi connectivity index (χ1) is 12.9. The average Bonchev–Trinajstić information content (AvgIpc) is 3.21. The van der Waals surface area contributed by atoms with Gasteiger partial charge in [-0.25, -0.2) is 4.79 Å². The molecule has 0 radical (unpaired) electrons. The largest absolute Gasteiger partial charge is 0.458 e. The minimum atomic E-state index is -0.696. The molecular weight excluding hydrogens is 340 g/mol. The van der Waals surface area contributed by atoms with Crippen molar-refractivity contribution in [3.05, 3.63) is 23.3 Å². The van der Waals surface area contributed by atoms with Crippen LogP contribution in [0.3, 0.4) is 0 Å². The molecule has 0 amide bonds. The van der Waals surface area contributed by atoms with Crippen molar-refractivity contribution in [3.63, 3.8) is 0 Å². The van der Waals surface area contributed by atoms with Crippen molar-refractivity contribution in [2.45, 2.75) is 70.3 Å². The van der Waals surface area contributed by atoms with Crippen LogP contribution in [-0.4, -0.2) is 35.0 Å². The first kappa shape index (κ1) is 17.9. The van der Waals surface area contributed by atoms with Crippen LogP contribution in [0.15, 0.2) is 23.3 Å². The third-order valence-electron chi connectivity index (χ3n) is 9.35. The number of hydrogen-bond acceptors (Lipinski definition) is 4. The molecule has 0 unspecified atom stereocenters. The van der Waals surface area contributed by atoms with Gasteiger partial charge in [0.1, 0.15) is 6.61 Å². The number of aliphatic hydroxyl groups excluding tert-OH is 1. The summed E-state index contributed by atoms with van der Waals surface area (Å²) in [7, 11) is 0. The Kier molecular flexibility index (Phi) is 3.94. The molecule has 3 saturated carbocycles. The van der Waals surface area contributed by atoms with Gasteiger partial charge in [0, 0.05) is 16.9 Å². The monoisotopic (exact) mass is 372 g/mol. The van der Waals surface area contributed by atoms with Gasteiger partial charge in [-0.2, -0.15) is 0 Å². The van der Waals surface area contributed by atoms with Crippen molar-refractivity contribution < 1.29 is 19.7 Å². The van der Waals surface area contributed by atoms with E-state index in [2.05, 4.69) is 13.0 Å². The Labute approximate surface area is 161 Å². The Balaban J connectivity index is 1.52. The summed E-state index contributed by atoms with van der Waals surface area (Å²) in [5, 5.41) is 22.6. The molecule has 0 bridgehead atoms. The van der Waals surface area contributed by atoms with Gasteiger partial charge in [0.2, 0.25) is 0 Å². The van der Waals surface area contributed by atoms with E-state index in [0.29, 0.717) is 12.5 Å². The number of hydrogen-bond donors (Lipinski definition) is 2. The number of aliphatic hydroxyl groups is 2. The lowest BCUT2D eigenvalue weighted by molar-refractivity contribution is -0.187. The second-order valence-electron chi connectivity index (χ2n) is 9.99. The number of cyclic esters (lactones) is 1. The molecule has 1 heterocycles. The van der Waals surface area contributed by atoms with Gasteiger partial charge < -0.3 is 14.9 Å². The molecular formula is C23H32O4. The third-order valence-corrected chi connectivity index (χ3v) is 9.35. The quantitative estimate of drug-likeness (QED) is 0.575. The molecule has 0 spiro atoms. The third kappa shape index (κ3) is 2.20. The highest BCUT2D eigenvalue weighted by Crippen LogP contribution is 2.69. The highest BCUT2D eigenvalue weighted by atomic mass is 16.5. The van der Waals surface area contributed by atoms with Gasteiger partial charge in [-0.3, -0.25) is 0 Å². The average molecular weight is 373 g/mol. The summed E-state index contributed by atoms with van der Waals surface area (Å²) in [4.78, 5) is 11.6. The summed E-state index contributed by atoms with van der Waals surface area (Å²) in [5.74, 6) is 0.646. The Bertz CT molecular complexity index is 724. The van der Waals surface area contributed by atoms with Crippen LogP contribution < -0.4 is 0 Å². The molecule has 2 N–H and O–H groups in total. The first-order valence-corrected chi connectivity index (χ1v) is 10.8. The number of allylic oxidation sites excluding steroid dienone is 1. The number of fused-ring (bicyclic) bond motifs is 5. The van der Waals surface area contributed by atoms with Crippen LogP contribution in [0.1, 0.15) is 64.7 Å². The van der Waals surface area contributed by atoms with E-state index in [1.807, 2.05) is 0 Å². The Hall–Kier alpha value is -1.13. The van der Waals surface area contributed by atoms with Crippen LogP contribution in [0.4, 0.5) is 0 Å². The van der Waals surface area contributed by atoms with Crippen LogP contribution >= 0.6 is 0 Å². The second-order valence-corrected chi connectivity index (χ2v) is 9.99. The maximum absolute atomic E-state index is 12.1. The van der Waals surface area contributed by atoms with Crippen LogP contribution in [-0.2, 0) is 9.53 Å². The van der Waals surface area contributed by atoms with Gasteiger partial charge in [-0.1, -0.05) is 18.6 Å². The highest BCUT2D eigenvalue weighted by molar-refractivity contribution is 5.85. The van der Waals surface area contributed by atoms with E-state index in [1.54, 1.807) is 6.08 Å². The van der Waals surface area contributed by atoms with E-state index in [9.17, 15) is 15.0 Å². The van der Waals surface area contributed by atoms with Crippen molar-refractivity contribution >= 4 is 5.97 Å². The predicted molar refractivity (Wildman–Crippen MR) is 102 cm³/mol. The van der Waals surface area contributed by atoms with Gasteiger partial charge in [-0.05, 0) is 81.1 Å². The summed E-state index contributed by atoms with van der Waals surface area (Å²) in [6.45, 7) is 2.88. The maximum Gasteiger partial charge on any atom is 0.331 e. The Morgan fingerprint density at radius 3 is 2.78 bits per heavy atom. The molecule has 0 aromatic carbocycles. The van der Waals surface area contributed by atoms with E-state index < -0.39 is 5.60 Å². The van der Waals surface area contributed by atoms with Crippen molar-refractivity contribution in [1.29, 1.82) is 0 Å². The lowest BCUT2D eigenvalue weighted by Crippen LogP contribution is -2.61. The predicted octanol–water partition coefficient (Wildman–Crippen LogP) is 3.53. The number of carbonyl (C=O) groups is 1. The fourth-order valence-corrected chi connectivity index (χ4v) is 7.99.